The number of nitrogens with one attached hydrogen (secondary N) is 2. The van der Waals surface area contributed by atoms with E-state index >= 15 is 0 Å². The summed E-state index contributed by atoms with van der Waals surface area (Å²) in [5, 5.41) is 4.28. The van der Waals surface area contributed by atoms with E-state index in [1.807, 2.05) is 6.07 Å². The molecule has 1 heterocycles. The molecule has 98 valence electrons. The van der Waals surface area contributed by atoms with Crippen LogP contribution in [0.4, 0.5) is 0 Å². The molecule has 0 unspecified atom stereocenters. The summed E-state index contributed by atoms with van der Waals surface area (Å²) in [6.45, 7) is 5.43. The summed E-state index contributed by atoms with van der Waals surface area (Å²) >= 11 is 5.43. The van der Waals surface area contributed by atoms with Crippen molar-refractivity contribution in [2.24, 2.45) is 0 Å². The highest BCUT2D eigenvalue weighted by atomic mass is 32.1. The molecule has 18 heavy (non-hydrogen) atoms. The van der Waals surface area contributed by atoms with Gasteiger partial charge >= 0.3 is 0 Å². The number of hydrogen-bond donors (Lipinski definition) is 2. The number of quaternary nitrogens is 1. The third-order valence-electron chi connectivity index (χ3n) is 3.44. The van der Waals surface area contributed by atoms with Crippen LogP contribution in [-0.2, 0) is 6.42 Å². The number of likely N-dealkylation sites (N-methyl/N-ethyl adjacent to an activating group) is 1. The van der Waals surface area contributed by atoms with Gasteiger partial charge in [-0.25, -0.2) is 0 Å². The second-order valence-electron chi connectivity index (χ2n) is 4.91. The number of piperazine rings is 1. The summed E-state index contributed by atoms with van der Waals surface area (Å²) in [4.78, 5) is 3.88. The summed E-state index contributed by atoms with van der Waals surface area (Å²) in [5.74, 6) is 0. The van der Waals surface area contributed by atoms with E-state index in [4.69, 9.17) is 12.2 Å². The first-order chi connectivity index (χ1) is 8.75. The molecule has 0 aromatic heterocycles. The molecule has 1 aromatic carbocycles. The molecule has 1 aromatic rings. The highest BCUT2D eigenvalue weighted by Gasteiger charge is 2.18. The van der Waals surface area contributed by atoms with Gasteiger partial charge in [0, 0.05) is 6.54 Å². The van der Waals surface area contributed by atoms with Crippen molar-refractivity contribution in [1.82, 2.24) is 10.2 Å². The highest BCUT2D eigenvalue weighted by molar-refractivity contribution is 7.80. The van der Waals surface area contributed by atoms with E-state index in [1.165, 1.54) is 18.7 Å². The van der Waals surface area contributed by atoms with E-state index in [0.29, 0.717) is 0 Å². The second kappa shape index (κ2) is 6.71. The summed E-state index contributed by atoms with van der Waals surface area (Å²) in [6.07, 6.45) is 1.03. The maximum absolute atomic E-state index is 5.43. The molecule has 1 aliphatic heterocycles. The lowest BCUT2D eigenvalue weighted by atomic mass is 10.1. The van der Waals surface area contributed by atoms with Crippen LogP contribution in [-0.4, -0.2) is 49.8 Å². The van der Waals surface area contributed by atoms with Crippen LogP contribution in [0.15, 0.2) is 30.3 Å². The second-order valence-corrected chi connectivity index (χ2v) is 5.30. The van der Waals surface area contributed by atoms with Crippen LogP contribution in [0.1, 0.15) is 5.56 Å². The van der Waals surface area contributed by atoms with E-state index in [0.717, 1.165) is 31.2 Å². The molecule has 0 amide bonds. The van der Waals surface area contributed by atoms with Gasteiger partial charge in [-0.2, -0.15) is 0 Å². The van der Waals surface area contributed by atoms with Crippen molar-refractivity contribution in [3.05, 3.63) is 35.9 Å². The molecule has 0 atom stereocenters. The molecule has 0 aliphatic carbocycles. The lowest BCUT2D eigenvalue weighted by Crippen LogP contribution is -3.12. The minimum Gasteiger partial charge on any atom is -0.362 e. The molecule has 4 heteroatoms. The van der Waals surface area contributed by atoms with Gasteiger partial charge in [0.1, 0.15) is 0 Å². The molecule has 1 fully saturated rings. The summed E-state index contributed by atoms with van der Waals surface area (Å²) < 4.78 is 0. The molecule has 0 saturated carbocycles. The first kappa shape index (κ1) is 13.3. The Bertz CT molecular complexity index is 372. The van der Waals surface area contributed by atoms with Gasteiger partial charge < -0.3 is 15.1 Å². The van der Waals surface area contributed by atoms with Crippen LogP contribution in [0.5, 0.6) is 0 Å². The fourth-order valence-electron chi connectivity index (χ4n) is 2.16. The highest BCUT2D eigenvalue weighted by Crippen LogP contribution is 1.98. The van der Waals surface area contributed by atoms with E-state index < -0.39 is 0 Å². The smallest absolute Gasteiger partial charge is 0.169 e. The number of rotatable bonds is 3. The number of nitrogens with zero attached hydrogens (tertiary/aromatic N) is 1. The van der Waals surface area contributed by atoms with Crippen molar-refractivity contribution in [1.29, 1.82) is 0 Å². The van der Waals surface area contributed by atoms with Crippen LogP contribution in [0.25, 0.3) is 0 Å². The molecular weight excluding hydrogens is 242 g/mol. The summed E-state index contributed by atoms with van der Waals surface area (Å²) in [6, 6.07) is 10.5. The van der Waals surface area contributed by atoms with Crippen molar-refractivity contribution in [3.63, 3.8) is 0 Å². The van der Waals surface area contributed by atoms with Crippen molar-refractivity contribution in [2.45, 2.75) is 6.42 Å². The minimum absolute atomic E-state index is 0.915. The molecule has 0 spiro atoms. The average molecular weight is 264 g/mol. The van der Waals surface area contributed by atoms with Crippen LogP contribution >= 0.6 is 12.2 Å². The molecule has 3 nitrogen and oxygen atoms in total. The Morgan fingerprint density at radius 2 is 1.94 bits per heavy atom. The van der Waals surface area contributed by atoms with Gasteiger partial charge in [0.25, 0.3) is 0 Å². The number of thiocarbonyl (C=S) groups is 1. The van der Waals surface area contributed by atoms with Crippen LogP contribution in [0, 0.1) is 0 Å². The normalized spacial score (nSPS) is 16.6. The van der Waals surface area contributed by atoms with Gasteiger partial charge in [0.15, 0.2) is 5.11 Å². The third-order valence-corrected chi connectivity index (χ3v) is 3.84. The quantitative estimate of drug-likeness (QED) is 0.746. The van der Waals surface area contributed by atoms with Crippen LogP contribution in [0.2, 0.25) is 0 Å². The maximum Gasteiger partial charge on any atom is 0.169 e. The zero-order valence-corrected chi connectivity index (χ0v) is 11.8. The van der Waals surface area contributed by atoms with Gasteiger partial charge in [-0.3, -0.25) is 0 Å². The van der Waals surface area contributed by atoms with Crippen molar-refractivity contribution < 1.29 is 4.90 Å². The maximum atomic E-state index is 5.43. The summed E-state index contributed by atoms with van der Waals surface area (Å²) in [7, 11) is 2.24. The number of benzene rings is 1. The largest absolute Gasteiger partial charge is 0.362 e. The molecule has 0 radical (unpaired) electrons. The van der Waals surface area contributed by atoms with Gasteiger partial charge in [0.05, 0.1) is 33.2 Å². The van der Waals surface area contributed by atoms with Crippen molar-refractivity contribution in [3.8, 4) is 0 Å². The first-order valence-electron chi connectivity index (χ1n) is 6.64. The van der Waals surface area contributed by atoms with Crippen molar-refractivity contribution >= 4 is 17.3 Å². The molecule has 0 bridgehead atoms. The minimum atomic E-state index is 0.915. The van der Waals surface area contributed by atoms with Crippen LogP contribution in [0.3, 0.4) is 0 Å². The predicted molar refractivity (Wildman–Crippen MR) is 78.9 cm³/mol. The first-order valence-corrected chi connectivity index (χ1v) is 7.04. The Morgan fingerprint density at radius 3 is 2.61 bits per heavy atom. The number of hydrogen-bond acceptors (Lipinski definition) is 1. The molecule has 2 N–H and O–H groups in total. The Kier molecular flexibility index (Phi) is 4.96. The summed E-state index contributed by atoms with van der Waals surface area (Å²) in [5.41, 5.74) is 1.36. The topological polar surface area (TPSA) is 19.7 Å². The van der Waals surface area contributed by atoms with Gasteiger partial charge in [-0.15, -0.1) is 0 Å². The van der Waals surface area contributed by atoms with Gasteiger partial charge in [-0.1, -0.05) is 30.3 Å². The molecule has 1 aliphatic rings. The standard InChI is InChI=1S/C14H21N3S/c1-16-9-11-17(12-10-16)14(18)15-8-7-13-5-3-2-4-6-13/h2-6H,7-12H2,1H3,(H,15,18)/p+1. The Balaban J connectivity index is 1.69. The van der Waals surface area contributed by atoms with Gasteiger partial charge in [-0.05, 0) is 24.2 Å². The van der Waals surface area contributed by atoms with E-state index in [9.17, 15) is 0 Å². The van der Waals surface area contributed by atoms with E-state index in [1.54, 1.807) is 4.90 Å². The SMILES string of the molecule is C[NH+]1CCN(C(=S)NCCc2ccccc2)CC1. The monoisotopic (exact) mass is 264 g/mol. The zero-order valence-electron chi connectivity index (χ0n) is 11.0. The lowest BCUT2D eigenvalue weighted by molar-refractivity contribution is -0.883. The Hall–Kier alpha value is -1.13. The fraction of sp³-hybridized carbons (Fsp3) is 0.500. The molecule has 1 saturated heterocycles. The predicted octanol–water partition coefficient (Wildman–Crippen LogP) is -0.0661. The van der Waals surface area contributed by atoms with Crippen molar-refractivity contribution in [2.75, 3.05) is 39.8 Å². The van der Waals surface area contributed by atoms with Crippen LogP contribution < -0.4 is 10.2 Å². The lowest BCUT2D eigenvalue weighted by Gasteiger charge is -2.32. The third kappa shape index (κ3) is 3.96. The Morgan fingerprint density at radius 1 is 1.28 bits per heavy atom. The van der Waals surface area contributed by atoms with E-state index in [2.05, 4.69) is 41.5 Å². The molecule has 2 rings (SSSR count). The zero-order chi connectivity index (χ0) is 12.8. The van der Waals surface area contributed by atoms with Gasteiger partial charge in [0.2, 0.25) is 0 Å². The van der Waals surface area contributed by atoms with E-state index in [-0.39, 0.29) is 0 Å². The average Bonchev–Trinajstić information content (AvgIpc) is 2.40. The molecular formula is C14H22N3S+. The Labute approximate surface area is 115 Å². The fourth-order valence-corrected chi connectivity index (χ4v) is 2.45.